The van der Waals surface area contributed by atoms with Crippen LogP contribution in [0.25, 0.3) is 22.2 Å². The average molecular weight is 418 g/mol. The molecule has 0 fully saturated rings. The summed E-state index contributed by atoms with van der Waals surface area (Å²) in [5.41, 5.74) is 13.6. The van der Waals surface area contributed by atoms with Crippen LogP contribution in [-0.4, -0.2) is 11.5 Å². The summed E-state index contributed by atoms with van der Waals surface area (Å²) < 4.78 is 1.28. The molecule has 2 aromatic carbocycles. The molecule has 0 saturated heterocycles. The SMILES string of the molecule is Cc1cc(C)c2[nH]c(-c3ccccc3I)c(CCCCN)c2c1. The van der Waals surface area contributed by atoms with Crippen LogP contribution < -0.4 is 5.73 Å². The van der Waals surface area contributed by atoms with Crippen LogP contribution in [0.2, 0.25) is 0 Å². The van der Waals surface area contributed by atoms with Crippen molar-refractivity contribution in [2.45, 2.75) is 33.1 Å². The number of aromatic amines is 1. The fourth-order valence-corrected chi connectivity index (χ4v) is 3.96. The Kier molecular flexibility index (Phi) is 5.07. The molecular weight excluding hydrogens is 395 g/mol. The highest BCUT2D eigenvalue weighted by atomic mass is 127. The fraction of sp³-hybridized carbons (Fsp3) is 0.300. The molecule has 0 atom stereocenters. The van der Waals surface area contributed by atoms with Crippen LogP contribution in [0, 0.1) is 17.4 Å². The van der Waals surface area contributed by atoms with E-state index in [1.165, 1.54) is 42.4 Å². The van der Waals surface area contributed by atoms with Gasteiger partial charge in [0.05, 0.1) is 5.69 Å². The smallest absolute Gasteiger partial charge is 0.0508 e. The fourth-order valence-electron chi connectivity index (χ4n) is 3.31. The third-order valence-corrected chi connectivity index (χ3v) is 5.32. The molecule has 120 valence electrons. The van der Waals surface area contributed by atoms with Gasteiger partial charge in [-0.15, -0.1) is 0 Å². The third-order valence-electron chi connectivity index (χ3n) is 4.38. The lowest BCUT2D eigenvalue weighted by atomic mass is 9.98. The number of hydrogen-bond donors (Lipinski definition) is 2. The van der Waals surface area contributed by atoms with Crippen LogP contribution in [0.1, 0.15) is 29.5 Å². The number of aryl methyl sites for hydroxylation is 3. The van der Waals surface area contributed by atoms with Crippen LogP contribution in [-0.2, 0) is 6.42 Å². The molecule has 3 rings (SSSR count). The van der Waals surface area contributed by atoms with Crippen LogP contribution in [0.3, 0.4) is 0 Å². The van der Waals surface area contributed by atoms with Gasteiger partial charge in [-0.3, -0.25) is 0 Å². The monoisotopic (exact) mass is 418 g/mol. The van der Waals surface area contributed by atoms with Crippen molar-refractivity contribution < 1.29 is 0 Å². The van der Waals surface area contributed by atoms with Gasteiger partial charge in [-0.05, 0) is 85.5 Å². The zero-order valence-corrected chi connectivity index (χ0v) is 15.9. The second-order valence-corrected chi connectivity index (χ2v) is 7.37. The molecule has 0 aliphatic carbocycles. The zero-order valence-electron chi connectivity index (χ0n) is 13.7. The molecule has 0 unspecified atom stereocenters. The van der Waals surface area contributed by atoms with E-state index in [0.29, 0.717) is 0 Å². The van der Waals surface area contributed by atoms with Crippen LogP contribution >= 0.6 is 22.6 Å². The molecule has 0 spiro atoms. The molecule has 0 bridgehead atoms. The molecule has 3 aromatic rings. The normalized spacial score (nSPS) is 11.3. The summed E-state index contributed by atoms with van der Waals surface area (Å²) in [6.07, 6.45) is 3.27. The zero-order chi connectivity index (χ0) is 16.4. The summed E-state index contributed by atoms with van der Waals surface area (Å²) in [5.74, 6) is 0. The lowest BCUT2D eigenvalue weighted by Gasteiger charge is -2.07. The topological polar surface area (TPSA) is 41.8 Å². The van der Waals surface area contributed by atoms with Gasteiger partial charge in [0.25, 0.3) is 0 Å². The lowest BCUT2D eigenvalue weighted by Crippen LogP contribution is -1.99. The van der Waals surface area contributed by atoms with Crippen molar-refractivity contribution >= 4 is 33.5 Å². The molecule has 0 aliphatic heterocycles. The number of nitrogens with two attached hydrogens (primary N) is 1. The molecule has 3 heteroatoms. The second kappa shape index (κ2) is 7.05. The highest BCUT2D eigenvalue weighted by molar-refractivity contribution is 14.1. The average Bonchev–Trinajstić information content (AvgIpc) is 2.87. The van der Waals surface area contributed by atoms with E-state index in [0.717, 1.165) is 25.8 Å². The Bertz CT molecular complexity index is 833. The van der Waals surface area contributed by atoms with Crippen LogP contribution in [0.15, 0.2) is 36.4 Å². The number of H-pyrrole nitrogens is 1. The standard InChI is InChI=1S/C20H23IN2/c1-13-11-14(2)19-17(12-13)15(7-5-6-10-22)20(23-19)16-8-3-4-9-18(16)21/h3-4,8-9,11-12,23H,5-7,10,22H2,1-2H3. The summed E-state index contributed by atoms with van der Waals surface area (Å²) in [6.45, 7) is 5.13. The number of rotatable bonds is 5. The van der Waals surface area contributed by atoms with Crippen molar-refractivity contribution in [3.8, 4) is 11.3 Å². The summed E-state index contributed by atoms with van der Waals surface area (Å²) in [5, 5.41) is 1.37. The Morgan fingerprint density at radius 2 is 1.87 bits per heavy atom. The lowest BCUT2D eigenvalue weighted by molar-refractivity contribution is 0.748. The molecule has 0 radical (unpaired) electrons. The van der Waals surface area contributed by atoms with E-state index in [9.17, 15) is 0 Å². The van der Waals surface area contributed by atoms with E-state index in [-0.39, 0.29) is 0 Å². The molecule has 3 N–H and O–H groups in total. The van der Waals surface area contributed by atoms with Gasteiger partial charge in [0.1, 0.15) is 0 Å². The van der Waals surface area contributed by atoms with E-state index >= 15 is 0 Å². The maximum atomic E-state index is 5.69. The van der Waals surface area contributed by atoms with Gasteiger partial charge < -0.3 is 10.7 Å². The number of unbranched alkanes of at least 4 members (excludes halogenated alkanes) is 1. The van der Waals surface area contributed by atoms with Gasteiger partial charge in [-0.2, -0.15) is 0 Å². The number of hydrogen-bond acceptors (Lipinski definition) is 1. The summed E-state index contributed by atoms with van der Waals surface area (Å²) >= 11 is 2.43. The van der Waals surface area contributed by atoms with Gasteiger partial charge in [0, 0.05) is 20.0 Å². The predicted molar refractivity (Wildman–Crippen MR) is 108 cm³/mol. The Morgan fingerprint density at radius 3 is 2.61 bits per heavy atom. The van der Waals surface area contributed by atoms with E-state index in [4.69, 9.17) is 5.73 Å². The number of benzene rings is 2. The highest BCUT2D eigenvalue weighted by Crippen LogP contribution is 2.35. The van der Waals surface area contributed by atoms with Crippen LogP contribution in [0.4, 0.5) is 0 Å². The Labute approximate surface area is 151 Å². The number of aromatic nitrogens is 1. The first kappa shape index (κ1) is 16.5. The second-order valence-electron chi connectivity index (χ2n) is 6.21. The molecule has 2 nitrogen and oxygen atoms in total. The molecule has 0 saturated carbocycles. The molecule has 0 amide bonds. The van der Waals surface area contributed by atoms with Gasteiger partial charge in [-0.25, -0.2) is 0 Å². The first-order valence-corrected chi connectivity index (χ1v) is 9.26. The minimum atomic E-state index is 0.763. The minimum Gasteiger partial charge on any atom is -0.354 e. The van der Waals surface area contributed by atoms with Crippen LogP contribution in [0.5, 0.6) is 0 Å². The van der Waals surface area contributed by atoms with Gasteiger partial charge in [-0.1, -0.05) is 29.8 Å². The van der Waals surface area contributed by atoms with Gasteiger partial charge in [0.15, 0.2) is 0 Å². The van der Waals surface area contributed by atoms with Crippen molar-refractivity contribution in [2.75, 3.05) is 6.54 Å². The quantitative estimate of drug-likeness (QED) is 0.427. The molecule has 23 heavy (non-hydrogen) atoms. The molecule has 1 aromatic heterocycles. The molecule has 0 aliphatic rings. The van der Waals surface area contributed by atoms with E-state index in [1.54, 1.807) is 0 Å². The maximum absolute atomic E-state index is 5.69. The van der Waals surface area contributed by atoms with Crippen molar-refractivity contribution in [3.63, 3.8) is 0 Å². The molecular formula is C20H23IN2. The highest BCUT2D eigenvalue weighted by Gasteiger charge is 2.16. The van der Waals surface area contributed by atoms with E-state index < -0.39 is 0 Å². The number of nitrogens with one attached hydrogen (secondary N) is 1. The summed E-state index contributed by atoms with van der Waals surface area (Å²) in [4.78, 5) is 3.71. The van der Waals surface area contributed by atoms with Crippen molar-refractivity contribution in [1.29, 1.82) is 0 Å². The third kappa shape index (κ3) is 3.31. The first-order chi connectivity index (χ1) is 11.1. The first-order valence-electron chi connectivity index (χ1n) is 8.18. The van der Waals surface area contributed by atoms with Crippen molar-refractivity contribution in [1.82, 2.24) is 4.98 Å². The van der Waals surface area contributed by atoms with Crippen molar-refractivity contribution in [3.05, 3.63) is 56.7 Å². The van der Waals surface area contributed by atoms with E-state index in [2.05, 4.69) is 77.8 Å². The van der Waals surface area contributed by atoms with E-state index in [1.807, 2.05) is 0 Å². The Morgan fingerprint density at radius 1 is 1.09 bits per heavy atom. The largest absolute Gasteiger partial charge is 0.354 e. The Balaban J connectivity index is 2.21. The van der Waals surface area contributed by atoms with Gasteiger partial charge in [0.2, 0.25) is 0 Å². The molecule has 1 heterocycles. The minimum absolute atomic E-state index is 0.763. The Hall–Kier alpha value is -1.33. The maximum Gasteiger partial charge on any atom is 0.0508 e. The van der Waals surface area contributed by atoms with Gasteiger partial charge >= 0.3 is 0 Å². The van der Waals surface area contributed by atoms with Crippen molar-refractivity contribution in [2.24, 2.45) is 5.73 Å². The number of halogens is 1. The predicted octanol–water partition coefficient (Wildman–Crippen LogP) is 5.34. The summed E-state index contributed by atoms with van der Waals surface area (Å²) in [6, 6.07) is 13.2. The summed E-state index contributed by atoms with van der Waals surface area (Å²) in [7, 11) is 0. The number of fused-ring (bicyclic) bond motifs is 1.